The van der Waals surface area contributed by atoms with Crippen molar-refractivity contribution in [2.75, 3.05) is 16.8 Å². The lowest BCUT2D eigenvalue weighted by molar-refractivity contribution is -0.118. The van der Waals surface area contributed by atoms with Gasteiger partial charge in [-0.25, -0.2) is 0 Å². The molecule has 0 fully saturated rings. The number of amides is 2. The summed E-state index contributed by atoms with van der Waals surface area (Å²) in [5.41, 5.74) is 0.907. The Labute approximate surface area is 172 Å². The number of nitrogens with zero attached hydrogens (tertiary/aromatic N) is 1. The summed E-state index contributed by atoms with van der Waals surface area (Å²) in [6, 6.07) is 18.7. The molecule has 1 unspecified atom stereocenters. The molecule has 3 aromatic carbocycles. The second-order valence-corrected chi connectivity index (χ2v) is 7.23. The van der Waals surface area contributed by atoms with E-state index in [1.807, 2.05) is 0 Å². The molecule has 0 saturated carbocycles. The quantitative estimate of drug-likeness (QED) is 0.625. The van der Waals surface area contributed by atoms with Crippen LogP contribution in [-0.4, -0.2) is 28.6 Å². The molecular weight excluding hydrogens is 384 g/mol. The van der Waals surface area contributed by atoms with Crippen LogP contribution in [0.3, 0.4) is 0 Å². The summed E-state index contributed by atoms with van der Waals surface area (Å²) >= 11 is 0. The number of benzene rings is 3. The highest BCUT2D eigenvalue weighted by Crippen LogP contribution is 2.46. The molecule has 3 aromatic rings. The van der Waals surface area contributed by atoms with Gasteiger partial charge in [-0.3, -0.25) is 14.5 Å². The zero-order chi connectivity index (χ0) is 20.9. The third kappa shape index (κ3) is 2.60. The van der Waals surface area contributed by atoms with E-state index in [1.54, 1.807) is 66.7 Å². The standard InChI is InChI=1S/C23H18N2O5/c26-12-14-4-3-5-16(10-14)25-22(28)17-6-1-2-7-18(17)23(25,29)15-8-9-20-19(11-15)24-21(27)13-30-20/h1-11,26,29H,12-13H2,(H,24,27). The molecule has 7 nitrogen and oxygen atoms in total. The summed E-state index contributed by atoms with van der Waals surface area (Å²) in [4.78, 5) is 26.4. The average molecular weight is 402 g/mol. The van der Waals surface area contributed by atoms with Gasteiger partial charge in [-0.2, -0.15) is 0 Å². The fourth-order valence-corrected chi connectivity index (χ4v) is 4.04. The molecule has 0 aliphatic carbocycles. The van der Waals surface area contributed by atoms with Gasteiger partial charge in [-0.1, -0.05) is 30.3 Å². The van der Waals surface area contributed by atoms with Crippen LogP contribution in [-0.2, 0) is 17.1 Å². The molecule has 2 aliphatic rings. The SMILES string of the molecule is O=C1COc2ccc(C3(O)c4ccccc4C(=O)N3c3cccc(CO)c3)cc2N1. The highest BCUT2D eigenvalue weighted by atomic mass is 16.5. The monoisotopic (exact) mass is 402 g/mol. The zero-order valence-corrected chi connectivity index (χ0v) is 15.8. The topological polar surface area (TPSA) is 99.1 Å². The van der Waals surface area contributed by atoms with Crippen molar-refractivity contribution in [3.63, 3.8) is 0 Å². The molecule has 7 heteroatoms. The molecule has 2 aliphatic heterocycles. The minimum Gasteiger partial charge on any atom is -0.482 e. The second-order valence-electron chi connectivity index (χ2n) is 7.23. The fourth-order valence-electron chi connectivity index (χ4n) is 4.04. The minimum atomic E-state index is -1.81. The number of ether oxygens (including phenoxy) is 1. The van der Waals surface area contributed by atoms with Gasteiger partial charge in [0, 0.05) is 22.4 Å². The molecule has 0 radical (unpaired) electrons. The van der Waals surface area contributed by atoms with Gasteiger partial charge < -0.3 is 20.3 Å². The lowest BCUT2D eigenvalue weighted by Gasteiger charge is -2.35. The zero-order valence-electron chi connectivity index (χ0n) is 15.8. The van der Waals surface area contributed by atoms with E-state index in [0.29, 0.717) is 39.4 Å². The molecule has 30 heavy (non-hydrogen) atoms. The van der Waals surface area contributed by atoms with Crippen LogP contribution in [0.25, 0.3) is 0 Å². The van der Waals surface area contributed by atoms with Crippen LogP contribution < -0.4 is 15.0 Å². The fraction of sp³-hybridized carbons (Fsp3) is 0.130. The maximum Gasteiger partial charge on any atom is 0.262 e. The summed E-state index contributed by atoms with van der Waals surface area (Å²) in [7, 11) is 0. The minimum absolute atomic E-state index is 0.0714. The number of fused-ring (bicyclic) bond motifs is 2. The molecule has 150 valence electrons. The van der Waals surface area contributed by atoms with Crippen LogP contribution in [0.4, 0.5) is 11.4 Å². The number of rotatable bonds is 3. The number of nitrogens with one attached hydrogen (secondary N) is 1. The summed E-state index contributed by atoms with van der Waals surface area (Å²) < 4.78 is 5.42. The molecule has 2 heterocycles. The van der Waals surface area contributed by atoms with Crippen LogP contribution in [0.1, 0.15) is 27.0 Å². The van der Waals surface area contributed by atoms with E-state index in [-0.39, 0.29) is 25.0 Å². The van der Waals surface area contributed by atoms with E-state index in [4.69, 9.17) is 4.74 Å². The summed E-state index contributed by atoms with van der Waals surface area (Å²) in [6.45, 7) is -0.262. The molecule has 0 saturated heterocycles. The van der Waals surface area contributed by atoms with E-state index in [0.717, 1.165) is 0 Å². The molecule has 2 amide bonds. The average Bonchev–Trinajstić information content (AvgIpc) is 3.01. The molecule has 3 N–H and O–H groups in total. The van der Waals surface area contributed by atoms with Gasteiger partial charge in [-0.05, 0) is 42.0 Å². The van der Waals surface area contributed by atoms with Crippen molar-refractivity contribution in [2.24, 2.45) is 0 Å². The first-order valence-corrected chi connectivity index (χ1v) is 9.46. The van der Waals surface area contributed by atoms with Gasteiger partial charge >= 0.3 is 0 Å². The molecule has 0 bridgehead atoms. The van der Waals surface area contributed by atoms with Crippen molar-refractivity contribution < 1.29 is 24.5 Å². The molecule has 1 atom stereocenters. The third-order valence-electron chi connectivity index (χ3n) is 5.43. The second kappa shape index (κ2) is 6.69. The van der Waals surface area contributed by atoms with Gasteiger partial charge in [-0.15, -0.1) is 0 Å². The Kier molecular flexibility index (Phi) is 4.09. The summed E-state index contributed by atoms with van der Waals surface area (Å²) in [5, 5.41) is 24.3. The van der Waals surface area contributed by atoms with E-state index in [1.165, 1.54) is 4.90 Å². The van der Waals surface area contributed by atoms with Crippen molar-refractivity contribution >= 4 is 23.2 Å². The number of carbonyl (C=O) groups is 2. The van der Waals surface area contributed by atoms with Crippen LogP contribution >= 0.6 is 0 Å². The van der Waals surface area contributed by atoms with Gasteiger partial charge in [0.15, 0.2) is 12.3 Å². The van der Waals surface area contributed by atoms with Gasteiger partial charge in [0.2, 0.25) is 0 Å². The predicted molar refractivity (Wildman–Crippen MR) is 109 cm³/mol. The first kappa shape index (κ1) is 18.4. The number of hydrogen-bond donors (Lipinski definition) is 3. The number of hydrogen-bond acceptors (Lipinski definition) is 5. The van der Waals surface area contributed by atoms with Gasteiger partial charge in [0.05, 0.1) is 12.3 Å². The third-order valence-corrected chi connectivity index (χ3v) is 5.43. The molecule has 5 rings (SSSR count). The number of aliphatic hydroxyl groups excluding tert-OH is 1. The number of aliphatic hydroxyl groups is 2. The van der Waals surface area contributed by atoms with Crippen molar-refractivity contribution in [3.05, 3.63) is 89.0 Å². The first-order valence-electron chi connectivity index (χ1n) is 9.46. The Balaban J connectivity index is 1.72. The number of anilines is 2. The van der Waals surface area contributed by atoms with Crippen molar-refractivity contribution in [1.29, 1.82) is 0 Å². The Hall–Kier alpha value is -3.68. The van der Waals surface area contributed by atoms with Crippen LogP contribution in [0.2, 0.25) is 0 Å². The highest BCUT2D eigenvalue weighted by Gasteiger charge is 2.51. The van der Waals surface area contributed by atoms with Crippen LogP contribution in [0.5, 0.6) is 5.75 Å². The largest absolute Gasteiger partial charge is 0.482 e. The maximum atomic E-state index is 13.3. The van der Waals surface area contributed by atoms with Crippen molar-refractivity contribution in [1.82, 2.24) is 0 Å². The van der Waals surface area contributed by atoms with E-state index >= 15 is 0 Å². The predicted octanol–water partition coefficient (Wildman–Crippen LogP) is 2.36. The van der Waals surface area contributed by atoms with Gasteiger partial charge in [0.25, 0.3) is 11.8 Å². The Morgan fingerprint density at radius 3 is 2.70 bits per heavy atom. The van der Waals surface area contributed by atoms with Crippen LogP contribution in [0, 0.1) is 0 Å². The first-order chi connectivity index (χ1) is 14.5. The Bertz CT molecular complexity index is 1190. The molecule has 0 spiro atoms. The van der Waals surface area contributed by atoms with Crippen molar-refractivity contribution in [3.8, 4) is 5.75 Å². The van der Waals surface area contributed by atoms with Crippen molar-refractivity contribution in [2.45, 2.75) is 12.3 Å². The normalized spacial score (nSPS) is 19.7. The van der Waals surface area contributed by atoms with E-state index in [9.17, 15) is 19.8 Å². The highest BCUT2D eigenvalue weighted by molar-refractivity contribution is 6.12. The molecule has 0 aromatic heterocycles. The number of carbonyl (C=O) groups excluding carboxylic acids is 2. The van der Waals surface area contributed by atoms with Crippen LogP contribution in [0.15, 0.2) is 66.7 Å². The smallest absolute Gasteiger partial charge is 0.262 e. The Morgan fingerprint density at radius 2 is 1.87 bits per heavy atom. The summed E-state index contributed by atoms with van der Waals surface area (Å²) in [5.74, 6) is -0.156. The maximum absolute atomic E-state index is 13.3. The van der Waals surface area contributed by atoms with Gasteiger partial charge in [0.1, 0.15) is 5.75 Å². The summed E-state index contributed by atoms with van der Waals surface area (Å²) in [6.07, 6.45) is 0. The lowest BCUT2D eigenvalue weighted by Crippen LogP contribution is -2.45. The van der Waals surface area contributed by atoms with E-state index in [2.05, 4.69) is 5.32 Å². The molecular formula is C23H18N2O5. The Morgan fingerprint density at radius 1 is 1.03 bits per heavy atom. The van der Waals surface area contributed by atoms with E-state index < -0.39 is 5.72 Å². The lowest BCUT2D eigenvalue weighted by atomic mass is 9.92.